The number of amides is 3. The first-order chi connectivity index (χ1) is 14.8. The van der Waals surface area contributed by atoms with Crippen LogP contribution in [0.15, 0.2) is 48.5 Å². The molecule has 3 amide bonds. The van der Waals surface area contributed by atoms with Crippen LogP contribution in [0.5, 0.6) is 0 Å². The molecule has 5 nitrogen and oxygen atoms in total. The number of likely N-dealkylation sites (tertiary alicyclic amines) is 1. The fourth-order valence-electron chi connectivity index (χ4n) is 3.73. The van der Waals surface area contributed by atoms with Crippen molar-refractivity contribution in [2.45, 2.75) is 38.4 Å². The van der Waals surface area contributed by atoms with E-state index in [1.165, 1.54) is 12.1 Å². The van der Waals surface area contributed by atoms with Crippen LogP contribution in [0, 0.1) is 0 Å². The van der Waals surface area contributed by atoms with Crippen LogP contribution in [-0.4, -0.2) is 36.5 Å². The Hall–Kier alpha value is -3.03. The molecule has 1 unspecified atom stereocenters. The van der Waals surface area contributed by atoms with Gasteiger partial charge >= 0.3 is 12.2 Å². The highest BCUT2D eigenvalue weighted by Crippen LogP contribution is 2.29. The number of piperidine rings is 1. The summed E-state index contributed by atoms with van der Waals surface area (Å²) in [7, 11) is 0. The lowest BCUT2D eigenvalue weighted by Crippen LogP contribution is -2.44. The fraction of sp³-hybridized carbons (Fsp3) is 0.391. The zero-order valence-corrected chi connectivity index (χ0v) is 17.3. The van der Waals surface area contributed by atoms with E-state index in [0.29, 0.717) is 24.2 Å². The van der Waals surface area contributed by atoms with Crippen LogP contribution in [-0.2, 0) is 12.7 Å². The summed E-state index contributed by atoms with van der Waals surface area (Å²) in [6.07, 6.45) is -2.55. The predicted molar refractivity (Wildman–Crippen MR) is 112 cm³/mol. The largest absolute Gasteiger partial charge is 0.416 e. The van der Waals surface area contributed by atoms with E-state index < -0.39 is 11.7 Å². The second-order valence-electron chi connectivity index (χ2n) is 7.62. The molecule has 31 heavy (non-hydrogen) atoms. The number of urea groups is 1. The Labute approximate surface area is 179 Å². The van der Waals surface area contributed by atoms with Crippen LogP contribution in [0.4, 0.5) is 18.0 Å². The van der Waals surface area contributed by atoms with Crippen molar-refractivity contribution in [2.24, 2.45) is 0 Å². The van der Waals surface area contributed by atoms with Gasteiger partial charge in [0.05, 0.1) is 5.56 Å². The third kappa shape index (κ3) is 5.99. The zero-order valence-electron chi connectivity index (χ0n) is 17.3. The van der Waals surface area contributed by atoms with Gasteiger partial charge in [-0.15, -0.1) is 0 Å². The first kappa shape index (κ1) is 22.7. The smallest absolute Gasteiger partial charge is 0.348 e. The summed E-state index contributed by atoms with van der Waals surface area (Å²) in [5.74, 6) is -0.142. The summed E-state index contributed by atoms with van der Waals surface area (Å²) in [5.41, 5.74) is 1.35. The summed E-state index contributed by atoms with van der Waals surface area (Å²) in [4.78, 5) is 26.5. The Balaban J connectivity index is 1.61. The molecule has 0 aliphatic carbocycles. The Kier molecular flexibility index (Phi) is 7.20. The Bertz CT molecular complexity index is 913. The maximum atomic E-state index is 12.7. The summed E-state index contributed by atoms with van der Waals surface area (Å²) in [6, 6.07) is 12.0. The number of hydrogen-bond donors (Lipinski definition) is 2. The standard InChI is InChI=1S/C23H26F3N3O2/c1-2-27-22(31)29-12-4-7-19(15-29)17-5-3-6-18(13-17)21(30)28-14-16-8-10-20(11-9-16)23(24,25)26/h3,5-6,8-11,13,19H,2,4,7,12,14-15H2,1H3,(H,27,31)(H,28,30). The van der Waals surface area contributed by atoms with Crippen molar-refractivity contribution in [3.8, 4) is 0 Å². The molecule has 0 saturated carbocycles. The minimum atomic E-state index is -4.38. The molecule has 166 valence electrons. The molecule has 0 aromatic heterocycles. The number of alkyl halides is 3. The van der Waals surface area contributed by atoms with Crippen molar-refractivity contribution < 1.29 is 22.8 Å². The minimum absolute atomic E-state index is 0.0716. The van der Waals surface area contributed by atoms with Crippen molar-refractivity contribution in [3.63, 3.8) is 0 Å². The Morgan fingerprint density at radius 1 is 1.10 bits per heavy atom. The molecule has 1 aliphatic heterocycles. The lowest BCUT2D eigenvalue weighted by Gasteiger charge is -2.33. The second kappa shape index (κ2) is 9.85. The van der Waals surface area contributed by atoms with Crippen LogP contribution in [0.1, 0.15) is 52.7 Å². The van der Waals surface area contributed by atoms with Gasteiger partial charge in [-0.25, -0.2) is 4.79 Å². The average molecular weight is 433 g/mol. The second-order valence-corrected chi connectivity index (χ2v) is 7.62. The van der Waals surface area contributed by atoms with Gasteiger partial charge in [0, 0.05) is 37.7 Å². The predicted octanol–water partition coefficient (Wildman–Crippen LogP) is 4.54. The number of benzene rings is 2. The molecular formula is C23H26F3N3O2. The summed E-state index contributed by atoms with van der Waals surface area (Å²) in [5, 5.41) is 5.57. The van der Waals surface area contributed by atoms with Gasteiger partial charge in [-0.2, -0.15) is 13.2 Å². The number of hydrogen-bond acceptors (Lipinski definition) is 2. The molecule has 2 N–H and O–H groups in total. The van der Waals surface area contributed by atoms with Crippen molar-refractivity contribution in [1.29, 1.82) is 0 Å². The third-order valence-corrected chi connectivity index (χ3v) is 5.39. The SMILES string of the molecule is CCNC(=O)N1CCCC(c2cccc(C(=O)NCc3ccc(C(F)(F)F)cc3)c2)C1. The first-order valence-electron chi connectivity index (χ1n) is 10.3. The summed E-state index contributed by atoms with van der Waals surface area (Å²) < 4.78 is 38.0. The molecular weight excluding hydrogens is 407 g/mol. The van der Waals surface area contributed by atoms with Gasteiger partial charge in [-0.05, 0) is 55.2 Å². The van der Waals surface area contributed by atoms with E-state index in [9.17, 15) is 22.8 Å². The summed E-state index contributed by atoms with van der Waals surface area (Å²) >= 11 is 0. The molecule has 2 aromatic carbocycles. The normalized spacial score (nSPS) is 16.6. The van der Waals surface area contributed by atoms with Crippen LogP contribution >= 0.6 is 0 Å². The molecule has 0 bridgehead atoms. The van der Waals surface area contributed by atoms with E-state index >= 15 is 0 Å². The number of nitrogens with zero attached hydrogens (tertiary/aromatic N) is 1. The van der Waals surface area contributed by atoms with Gasteiger partial charge in [0.25, 0.3) is 5.91 Å². The topological polar surface area (TPSA) is 61.4 Å². The minimum Gasteiger partial charge on any atom is -0.348 e. The molecule has 0 spiro atoms. The van der Waals surface area contributed by atoms with Gasteiger partial charge in [0.15, 0.2) is 0 Å². The van der Waals surface area contributed by atoms with E-state index in [0.717, 1.165) is 37.1 Å². The lowest BCUT2D eigenvalue weighted by atomic mass is 9.89. The van der Waals surface area contributed by atoms with E-state index in [-0.39, 0.29) is 24.4 Å². The first-order valence-corrected chi connectivity index (χ1v) is 10.3. The van der Waals surface area contributed by atoms with E-state index in [1.807, 2.05) is 25.1 Å². The Morgan fingerprint density at radius 2 is 1.84 bits per heavy atom. The van der Waals surface area contributed by atoms with Crippen LogP contribution in [0.3, 0.4) is 0 Å². The average Bonchev–Trinajstić information content (AvgIpc) is 2.77. The highest BCUT2D eigenvalue weighted by atomic mass is 19.4. The van der Waals surface area contributed by atoms with Crippen molar-refractivity contribution in [2.75, 3.05) is 19.6 Å². The molecule has 1 saturated heterocycles. The molecule has 1 atom stereocenters. The molecule has 1 fully saturated rings. The lowest BCUT2D eigenvalue weighted by molar-refractivity contribution is -0.137. The van der Waals surface area contributed by atoms with E-state index in [2.05, 4.69) is 10.6 Å². The van der Waals surface area contributed by atoms with Gasteiger partial charge in [-0.1, -0.05) is 24.3 Å². The number of halogens is 3. The highest BCUT2D eigenvalue weighted by molar-refractivity contribution is 5.94. The number of carbonyl (C=O) groups excluding carboxylic acids is 2. The molecule has 1 aliphatic rings. The van der Waals surface area contributed by atoms with Gasteiger partial charge in [0.2, 0.25) is 0 Å². The van der Waals surface area contributed by atoms with Crippen LogP contribution < -0.4 is 10.6 Å². The van der Waals surface area contributed by atoms with E-state index in [1.54, 1.807) is 11.0 Å². The quantitative estimate of drug-likeness (QED) is 0.727. The zero-order chi connectivity index (χ0) is 22.4. The third-order valence-electron chi connectivity index (χ3n) is 5.39. The van der Waals surface area contributed by atoms with Crippen molar-refractivity contribution in [3.05, 3.63) is 70.8 Å². The molecule has 3 rings (SSSR count). The van der Waals surface area contributed by atoms with Crippen LogP contribution in [0.25, 0.3) is 0 Å². The number of nitrogens with one attached hydrogen (secondary N) is 2. The molecule has 0 radical (unpaired) electrons. The van der Waals surface area contributed by atoms with Gasteiger partial charge in [-0.3, -0.25) is 4.79 Å². The van der Waals surface area contributed by atoms with E-state index in [4.69, 9.17) is 0 Å². The Morgan fingerprint density at radius 3 is 2.52 bits per heavy atom. The monoisotopic (exact) mass is 433 g/mol. The number of carbonyl (C=O) groups is 2. The highest BCUT2D eigenvalue weighted by Gasteiger charge is 2.30. The van der Waals surface area contributed by atoms with Crippen molar-refractivity contribution >= 4 is 11.9 Å². The van der Waals surface area contributed by atoms with Crippen molar-refractivity contribution in [1.82, 2.24) is 15.5 Å². The molecule has 2 aromatic rings. The molecule has 8 heteroatoms. The summed E-state index contributed by atoms with van der Waals surface area (Å²) in [6.45, 7) is 3.91. The van der Waals surface area contributed by atoms with Gasteiger partial charge < -0.3 is 15.5 Å². The maximum Gasteiger partial charge on any atom is 0.416 e. The maximum absolute atomic E-state index is 12.7. The fourth-order valence-corrected chi connectivity index (χ4v) is 3.73. The number of rotatable bonds is 5. The van der Waals surface area contributed by atoms with Gasteiger partial charge in [0.1, 0.15) is 0 Å². The molecule has 1 heterocycles. The van der Waals surface area contributed by atoms with Crippen LogP contribution in [0.2, 0.25) is 0 Å².